The van der Waals surface area contributed by atoms with E-state index in [-0.39, 0.29) is 0 Å². The maximum atomic E-state index is 11.1. The third kappa shape index (κ3) is 1.62. The third-order valence-electron chi connectivity index (χ3n) is 3.64. The van der Waals surface area contributed by atoms with Crippen LogP contribution in [0.2, 0.25) is 0 Å². The van der Waals surface area contributed by atoms with Crippen LogP contribution in [0.5, 0.6) is 0 Å². The van der Waals surface area contributed by atoms with Gasteiger partial charge in [0.25, 0.3) is 0 Å². The number of hydrogen-bond acceptors (Lipinski definition) is 2. The minimum absolute atomic E-state index is 0.348. The molecule has 1 aromatic heterocycles. The van der Waals surface area contributed by atoms with E-state index in [0.29, 0.717) is 17.7 Å². The molecule has 86 valence electrons. The number of aromatic nitrogens is 2. The SMILES string of the molecule is O=C(O)c1cc(C2CCCC2)nn1C1CC1. The van der Waals surface area contributed by atoms with E-state index >= 15 is 0 Å². The summed E-state index contributed by atoms with van der Waals surface area (Å²) in [6.07, 6.45) is 6.99. The standard InChI is InChI=1S/C12H16N2O2/c15-12(16)11-7-10(8-3-1-2-4-8)13-14(11)9-5-6-9/h7-9H,1-6H2,(H,15,16). The van der Waals surface area contributed by atoms with Gasteiger partial charge in [0, 0.05) is 5.92 Å². The molecule has 0 unspecified atom stereocenters. The molecule has 1 heterocycles. The molecule has 16 heavy (non-hydrogen) atoms. The molecular weight excluding hydrogens is 204 g/mol. The first kappa shape index (κ1) is 9.87. The van der Waals surface area contributed by atoms with Gasteiger partial charge >= 0.3 is 5.97 Å². The van der Waals surface area contributed by atoms with Crippen LogP contribution in [0.3, 0.4) is 0 Å². The van der Waals surface area contributed by atoms with Crippen LogP contribution in [0.15, 0.2) is 6.07 Å². The van der Waals surface area contributed by atoms with Crippen molar-refractivity contribution in [2.45, 2.75) is 50.5 Å². The summed E-state index contributed by atoms with van der Waals surface area (Å²) in [6.45, 7) is 0. The van der Waals surface area contributed by atoms with E-state index in [9.17, 15) is 4.79 Å². The Morgan fingerprint density at radius 1 is 1.31 bits per heavy atom. The predicted octanol–water partition coefficient (Wildman–Crippen LogP) is 2.57. The zero-order valence-corrected chi connectivity index (χ0v) is 9.22. The molecular formula is C12H16N2O2. The molecule has 1 aromatic rings. The number of rotatable bonds is 3. The number of carboxylic acid groups (broad SMARTS) is 1. The maximum absolute atomic E-state index is 11.1. The second-order valence-electron chi connectivity index (χ2n) is 4.92. The van der Waals surface area contributed by atoms with Crippen LogP contribution < -0.4 is 0 Å². The van der Waals surface area contributed by atoms with Crippen molar-refractivity contribution in [3.8, 4) is 0 Å². The highest BCUT2D eigenvalue weighted by Gasteiger charge is 2.31. The first-order chi connectivity index (χ1) is 7.75. The molecule has 0 bridgehead atoms. The van der Waals surface area contributed by atoms with Crippen molar-refractivity contribution in [3.05, 3.63) is 17.5 Å². The van der Waals surface area contributed by atoms with Crippen LogP contribution in [0.1, 0.15) is 66.7 Å². The van der Waals surface area contributed by atoms with Crippen molar-refractivity contribution in [2.24, 2.45) is 0 Å². The van der Waals surface area contributed by atoms with E-state index in [1.165, 1.54) is 25.7 Å². The second kappa shape index (κ2) is 3.61. The summed E-state index contributed by atoms with van der Waals surface area (Å²) in [5.41, 5.74) is 1.38. The third-order valence-corrected chi connectivity index (χ3v) is 3.64. The van der Waals surface area contributed by atoms with Crippen molar-refractivity contribution >= 4 is 5.97 Å². The molecule has 0 saturated heterocycles. The molecule has 0 amide bonds. The minimum Gasteiger partial charge on any atom is -0.477 e. The second-order valence-corrected chi connectivity index (χ2v) is 4.92. The summed E-state index contributed by atoms with van der Waals surface area (Å²) in [5, 5.41) is 13.6. The quantitative estimate of drug-likeness (QED) is 0.851. The van der Waals surface area contributed by atoms with Gasteiger partial charge in [-0.3, -0.25) is 4.68 Å². The van der Waals surface area contributed by atoms with Crippen LogP contribution >= 0.6 is 0 Å². The van der Waals surface area contributed by atoms with Crippen LogP contribution in [-0.2, 0) is 0 Å². The van der Waals surface area contributed by atoms with E-state index in [1.54, 1.807) is 10.7 Å². The Bertz CT molecular complexity index is 415. The van der Waals surface area contributed by atoms with Gasteiger partial charge in [0.2, 0.25) is 0 Å². The Balaban J connectivity index is 1.94. The fourth-order valence-electron chi connectivity index (χ4n) is 2.59. The lowest BCUT2D eigenvalue weighted by atomic mass is 10.0. The summed E-state index contributed by atoms with van der Waals surface area (Å²) in [5.74, 6) is -0.346. The minimum atomic E-state index is -0.844. The van der Waals surface area contributed by atoms with Crippen molar-refractivity contribution in [2.75, 3.05) is 0 Å². The van der Waals surface area contributed by atoms with Crippen LogP contribution in [0, 0.1) is 0 Å². The van der Waals surface area contributed by atoms with Gasteiger partial charge in [-0.25, -0.2) is 4.79 Å². The summed E-state index contributed by atoms with van der Waals surface area (Å²) < 4.78 is 1.73. The first-order valence-electron chi connectivity index (χ1n) is 6.08. The van der Waals surface area contributed by atoms with Crippen LogP contribution in [0.25, 0.3) is 0 Å². The topological polar surface area (TPSA) is 55.1 Å². The molecule has 2 fully saturated rings. The lowest BCUT2D eigenvalue weighted by Crippen LogP contribution is -2.08. The van der Waals surface area contributed by atoms with E-state index in [0.717, 1.165) is 18.5 Å². The van der Waals surface area contributed by atoms with Crippen molar-refractivity contribution < 1.29 is 9.90 Å². The smallest absolute Gasteiger partial charge is 0.354 e. The number of aromatic carboxylic acids is 1. The van der Waals surface area contributed by atoms with E-state index in [4.69, 9.17) is 5.11 Å². The maximum Gasteiger partial charge on any atom is 0.354 e. The summed E-state index contributed by atoms with van der Waals surface area (Å²) in [4.78, 5) is 11.1. The molecule has 0 spiro atoms. The molecule has 1 N–H and O–H groups in total. The van der Waals surface area contributed by atoms with Gasteiger partial charge in [0.05, 0.1) is 11.7 Å². The molecule has 3 rings (SSSR count). The van der Waals surface area contributed by atoms with Gasteiger partial charge in [-0.1, -0.05) is 12.8 Å². The van der Waals surface area contributed by atoms with Crippen molar-refractivity contribution in [1.29, 1.82) is 0 Å². The Labute approximate surface area is 94.3 Å². The largest absolute Gasteiger partial charge is 0.477 e. The Hall–Kier alpha value is -1.32. The number of hydrogen-bond donors (Lipinski definition) is 1. The Morgan fingerprint density at radius 3 is 2.56 bits per heavy atom. The summed E-state index contributed by atoms with van der Waals surface area (Å²) in [6, 6.07) is 2.14. The molecule has 2 saturated carbocycles. The lowest BCUT2D eigenvalue weighted by molar-refractivity contribution is 0.0683. The predicted molar refractivity (Wildman–Crippen MR) is 58.7 cm³/mol. The lowest BCUT2D eigenvalue weighted by Gasteiger charge is -2.03. The first-order valence-corrected chi connectivity index (χ1v) is 6.08. The van der Waals surface area contributed by atoms with Crippen LogP contribution in [0.4, 0.5) is 0 Å². The van der Waals surface area contributed by atoms with Gasteiger partial charge < -0.3 is 5.11 Å². The number of carbonyl (C=O) groups is 1. The molecule has 0 radical (unpaired) electrons. The van der Waals surface area contributed by atoms with Crippen molar-refractivity contribution in [3.63, 3.8) is 0 Å². The van der Waals surface area contributed by atoms with Gasteiger partial charge in [-0.15, -0.1) is 0 Å². The van der Waals surface area contributed by atoms with Gasteiger partial charge in [0.15, 0.2) is 0 Å². The normalized spacial score (nSPS) is 21.5. The highest BCUT2D eigenvalue weighted by molar-refractivity contribution is 5.85. The van der Waals surface area contributed by atoms with Gasteiger partial charge in [-0.2, -0.15) is 5.10 Å². The summed E-state index contributed by atoms with van der Waals surface area (Å²) >= 11 is 0. The highest BCUT2D eigenvalue weighted by atomic mass is 16.4. The zero-order valence-electron chi connectivity index (χ0n) is 9.22. The molecule has 0 atom stereocenters. The van der Waals surface area contributed by atoms with E-state index < -0.39 is 5.97 Å². The molecule has 2 aliphatic rings. The number of carboxylic acids is 1. The fourth-order valence-corrected chi connectivity index (χ4v) is 2.59. The Kier molecular flexibility index (Phi) is 2.23. The molecule has 4 nitrogen and oxygen atoms in total. The van der Waals surface area contributed by atoms with Gasteiger partial charge in [-0.05, 0) is 31.7 Å². The molecule has 2 aliphatic carbocycles. The number of nitrogens with zero attached hydrogens (tertiary/aromatic N) is 2. The van der Waals surface area contributed by atoms with Gasteiger partial charge in [0.1, 0.15) is 5.69 Å². The molecule has 0 aromatic carbocycles. The molecule has 4 heteroatoms. The van der Waals surface area contributed by atoms with E-state index in [1.807, 2.05) is 0 Å². The van der Waals surface area contributed by atoms with Crippen molar-refractivity contribution in [1.82, 2.24) is 9.78 Å². The van der Waals surface area contributed by atoms with Crippen LogP contribution in [-0.4, -0.2) is 20.9 Å². The molecule has 0 aliphatic heterocycles. The Morgan fingerprint density at radius 2 is 2.00 bits per heavy atom. The average molecular weight is 220 g/mol. The zero-order chi connectivity index (χ0) is 11.1. The average Bonchev–Trinajstić information content (AvgIpc) is 2.83. The monoisotopic (exact) mass is 220 g/mol. The summed E-state index contributed by atoms with van der Waals surface area (Å²) in [7, 11) is 0. The highest BCUT2D eigenvalue weighted by Crippen LogP contribution is 2.38. The fraction of sp³-hybridized carbons (Fsp3) is 0.667. The van der Waals surface area contributed by atoms with E-state index in [2.05, 4.69) is 5.10 Å².